The first-order valence-electron chi connectivity index (χ1n) is 8.80. The van der Waals surface area contributed by atoms with Gasteiger partial charge in [0.1, 0.15) is 5.82 Å². The maximum Gasteiger partial charge on any atom is 0.229 e. The summed E-state index contributed by atoms with van der Waals surface area (Å²) in [4.78, 5) is 8.67. The minimum absolute atomic E-state index is 0.154. The second-order valence-electron chi connectivity index (χ2n) is 6.20. The van der Waals surface area contributed by atoms with Crippen LogP contribution in [0, 0.1) is 29.6 Å². The number of benzene rings is 2. The Morgan fingerprint density at radius 2 is 1.90 bits per heavy atom. The van der Waals surface area contributed by atoms with Crippen LogP contribution < -0.4 is 10.6 Å². The van der Waals surface area contributed by atoms with Crippen LogP contribution >= 0.6 is 0 Å². The molecule has 3 N–H and O–H groups in total. The molecule has 0 aliphatic rings. The third-order valence-corrected chi connectivity index (χ3v) is 4.14. The molecule has 0 radical (unpaired) electrons. The zero-order chi connectivity index (χ0) is 20.6. The predicted octanol–water partition coefficient (Wildman–Crippen LogP) is 4.17. The standard InChI is InChI=1S/C22H18N6O/c1-15-11-17(3-2-9-23)12-18(14-29)21(15)27-20-8-10-25-22(28-20)26-19-6-4-16(13-24)5-7-19/h2-8,10-12,29H,14H2,1H3,(H2,25,26,27,28). The molecule has 0 bridgehead atoms. The lowest BCUT2D eigenvalue weighted by atomic mass is 10.0. The van der Waals surface area contributed by atoms with Crippen LogP contribution in [0.15, 0.2) is 54.7 Å². The lowest BCUT2D eigenvalue weighted by molar-refractivity contribution is 0.282. The van der Waals surface area contributed by atoms with E-state index in [1.54, 1.807) is 42.6 Å². The van der Waals surface area contributed by atoms with Gasteiger partial charge >= 0.3 is 0 Å². The number of nitrogens with zero attached hydrogens (tertiary/aromatic N) is 4. The molecule has 0 saturated carbocycles. The first kappa shape index (κ1) is 19.6. The molecule has 0 aliphatic heterocycles. The summed E-state index contributed by atoms with van der Waals surface area (Å²) < 4.78 is 0. The summed E-state index contributed by atoms with van der Waals surface area (Å²) in [5, 5.41) is 33.7. The third kappa shape index (κ3) is 4.95. The second kappa shape index (κ2) is 9.14. The van der Waals surface area contributed by atoms with Crippen molar-refractivity contribution in [1.29, 1.82) is 10.5 Å². The Bertz CT molecular complexity index is 1120. The van der Waals surface area contributed by atoms with Gasteiger partial charge in [-0.1, -0.05) is 0 Å². The predicted molar refractivity (Wildman–Crippen MR) is 112 cm³/mol. The second-order valence-corrected chi connectivity index (χ2v) is 6.20. The Kier molecular flexibility index (Phi) is 6.16. The van der Waals surface area contributed by atoms with Gasteiger partial charge in [-0.2, -0.15) is 15.5 Å². The number of aliphatic hydroxyl groups excluding tert-OH is 1. The molecule has 142 valence electrons. The van der Waals surface area contributed by atoms with E-state index in [1.807, 2.05) is 25.1 Å². The highest BCUT2D eigenvalue weighted by Crippen LogP contribution is 2.27. The van der Waals surface area contributed by atoms with Crippen LogP contribution in [0.4, 0.5) is 23.1 Å². The molecule has 0 fully saturated rings. The molecule has 0 unspecified atom stereocenters. The molecule has 1 heterocycles. The topological polar surface area (TPSA) is 118 Å². The van der Waals surface area contributed by atoms with Gasteiger partial charge < -0.3 is 15.7 Å². The van der Waals surface area contributed by atoms with Crippen molar-refractivity contribution in [2.24, 2.45) is 0 Å². The fraction of sp³-hybridized carbons (Fsp3) is 0.0909. The van der Waals surface area contributed by atoms with Crippen LogP contribution in [-0.4, -0.2) is 15.1 Å². The zero-order valence-electron chi connectivity index (χ0n) is 15.7. The van der Waals surface area contributed by atoms with E-state index in [-0.39, 0.29) is 6.61 Å². The number of aryl methyl sites for hydroxylation is 1. The average molecular weight is 382 g/mol. The first-order chi connectivity index (χ1) is 14.1. The van der Waals surface area contributed by atoms with Crippen molar-refractivity contribution in [3.63, 3.8) is 0 Å². The molecule has 29 heavy (non-hydrogen) atoms. The normalized spacial score (nSPS) is 10.3. The van der Waals surface area contributed by atoms with Crippen LogP contribution in [0.25, 0.3) is 6.08 Å². The first-order valence-corrected chi connectivity index (χ1v) is 8.80. The van der Waals surface area contributed by atoms with Crippen LogP contribution in [-0.2, 0) is 6.61 Å². The van der Waals surface area contributed by atoms with E-state index < -0.39 is 0 Å². The molecule has 3 aromatic rings. The van der Waals surface area contributed by atoms with E-state index in [0.717, 1.165) is 22.5 Å². The van der Waals surface area contributed by atoms with Gasteiger partial charge in [-0.3, -0.25) is 0 Å². The molecule has 7 nitrogen and oxygen atoms in total. The number of allylic oxidation sites excluding steroid dienone is 1. The van der Waals surface area contributed by atoms with Gasteiger partial charge in [0.25, 0.3) is 0 Å². The van der Waals surface area contributed by atoms with E-state index in [2.05, 4.69) is 26.7 Å². The smallest absolute Gasteiger partial charge is 0.229 e. The summed E-state index contributed by atoms with van der Waals surface area (Å²) in [5.74, 6) is 0.964. The number of rotatable bonds is 6. The number of hydrogen-bond acceptors (Lipinski definition) is 7. The number of aromatic nitrogens is 2. The Labute approximate surface area is 168 Å². The van der Waals surface area contributed by atoms with Crippen molar-refractivity contribution in [2.45, 2.75) is 13.5 Å². The van der Waals surface area contributed by atoms with E-state index in [1.165, 1.54) is 6.08 Å². The monoisotopic (exact) mass is 382 g/mol. The van der Waals surface area contributed by atoms with Gasteiger partial charge in [0, 0.05) is 29.2 Å². The van der Waals surface area contributed by atoms with E-state index in [0.29, 0.717) is 22.9 Å². The molecule has 1 aromatic heterocycles. The Hall–Kier alpha value is -4.20. The van der Waals surface area contributed by atoms with E-state index in [9.17, 15) is 5.11 Å². The van der Waals surface area contributed by atoms with Gasteiger partial charge in [0.05, 0.1) is 24.3 Å². The molecular formula is C22H18N6O. The summed E-state index contributed by atoms with van der Waals surface area (Å²) in [6.07, 6.45) is 4.72. The number of anilines is 4. The highest BCUT2D eigenvalue weighted by Gasteiger charge is 2.09. The highest BCUT2D eigenvalue weighted by atomic mass is 16.3. The maximum absolute atomic E-state index is 9.77. The van der Waals surface area contributed by atoms with E-state index >= 15 is 0 Å². The lowest BCUT2D eigenvalue weighted by Gasteiger charge is -2.15. The van der Waals surface area contributed by atoms with Crippen molar-refractivity contribution in [3.8, 4) is 12.1 Å². The van der Waals surface area contributed by atoms with E-state index in [4.69, 9.17) is 10.5 Å². The number of hydrogen-bond donors (Lipinski definition) is 3. The Morgan fingerprint density at radius 3 is 2.59 bits per heavy atom. The SMILES string of the molecule is Cc1cc(C=CC#N)cc(CO)c1Nc1ccnc(Nc2ccc(C#N)cc2)n1. The van der Waals surface area contributed by atoms with Crippen LogP contribution in [0.3, 0.4) is 0 Å². The molecule has 2 aromatic carbocycles. The molecule has 7 heteroatoms. The van der Waals surface area contributed by atoms with Gasteiger partial charge in [-0.15, -0.1) is 0 Å². The van der Waals surface area contributed by atoms with Crippen LogP contribution in [0.2, 0.25) is 0 Å². The summed E-state index contributed by atoms with van der Waals surface area (Å²) >= 11 is 0. The quantitative estimate of drug-likeness (QED) is 0.548. The fourth-order valence-corrected chi connectivity index (χ4v) is 2.80. The van der Waals surface area contributed by atoms with Gasteiger partial charge in [-0.25, -0.2) is 4.98 Å². The van der Waals surface area contributed by atoms with Crippen LogP contribution in [0.1, 0.15) is 22.3 Å². The van der Waals surface area contributed by atoms with Crippen molar-refractivity contribution in [2.75, 3.05) is 10.6 Å². The van der Waals surface area contributed by atoms with Crippen molar-refractivity contribution in [1.82, 2.24) is 9.97 Å². The molecule has 0 atom stereocenters. The van der Waals surface area contributed by atoms with Crippen molar-refractivity contribution < 1.29 is 5.11 Å². The van der Waals surface area contributed by atoms with Crippen LogP contribution in [0.5, 0.6) is 0 Å². The molecular weight excluding hydrogens is 364 g/mol. The maximum atomic E-state index is 9.77. The summed E-state index contributed by atoms with van der Waals surface area (Å²) in [5.41, 5.74) is 4.54. The summed E-state index contributed by atoms with van der Waals surface area (Å²) in [6.45, 7) is 1.77. The minimum Gasteiger partial charge on any atom is -0.392 e. The summed E-state index contributed by atoms with van der Waals surface area (Å²) in [7, 11) is 0. The lowest BCUT2D eigenvalue weighted by Crippen LogP contribution is -2.04. The average Bonchev–Trinajstić information content (AvgIpc) is 2.74. The van der Waals surface area contributed by atoms with Gasteiger partial charge in [0.15, 0.2) is 0 Å². The fourth-order valence-electron chi connectivity index (χ4n) is 2.80. The number of nitriles is 2. The van der Waals surface area contributed by atoms with Crippen molar-refractivity contribution in [3.05, 3.63) is 77.0 Å². The molecule has 0 amide bonds. The third-order valence-electron chi connectivity index (χ3n) is 4.14. The largest absolute Gasteiger partial charge is 0.392 e. The number of aliphatic hydroxyl groups is 1. The molecule has 0 saturated heterocycles. The summed E-state index contributed by atoms with van der Waals surface area (Å²) in [6, 6.07) is 16.5. The Morgan fingerprint density at radius 1 is 1.10 bits per heavy atom. The molecule has 0 spiro atoms. The zero-order valence-corrected chi connectivity index (χ0v) is 15.7. The van der Waals surface area contributed by atoms with Gasteiger partial charge in [-0.05, 0) is 66.6 Å². The van der Waals surface area contributed by atoms with Gasteiger partial charge in [0.2, 0.25) is 5.95 Å². The molecule has 3 rings (SSSR count). The van der Waals surface area contributed by atoms with Crippen molar-refractivity contribution >= 4 is 29.2 Å². The molecule has 0 aliphatic carbocycles. The number of nitrogens with one attached hydrogen (secondary N) is 2. The minimum atomic E-state index is -0.154. The highest BCUT2D eigenvalue weighted by molar-refractivity contribution is 5.69. The Balaban J connectivity index is 1.83.